The fourth-order valence-electron chi connectivity index (χ4n) is 2.82. The maximum absolute atomic E-state index is 13.4. The van der Waals surface area contributed by atoms with Gasteiger partial charge in [0.25, 0.3) is 11.5 Å². The highest BCUT2D eigenvalue weighted by Gasteiger charge is 2.13. The SMILES string of the molecule is O=C(COc1ccccc1F)NCCn1nc2c(cc1=O)CCCC2. The van der Waals surface area contributed by atoms with Crippen LogP contribution in [0.25, 0.3) is 0 Å². The normalized spacial score (nSPS) is 13.2. The van der Waals surface area contributed by atoms with Crippen molar-refractivity contribution in [3.63, 3.8) is 0 Å². The van der Waals surface area contributed by atoms with Crippen molar-refractivity contribution < 1.29 is 13.9 Å². The summed E-state index contributed by atoms with van der Waals surface area (Å²) in [6.07, 6.45) is 3.97. The van der Waals surface area contributed by atoms with Crippen LogP contribution in [0.1, 0.15) is 24.1 Å². The van der Waals surface area contributed by atoms with Crippen molar-refractivity contribution in [2.24, 2.45) is 0 Å². The Hall–Kier alpha value is -2.70. The molecule has 1 aliphatic rings. The number of fused-ring (bicyclic) bond motifs is 1. The lowest BCUT2D eigenvalue weighted by Gasteiger charge is -2.16. The zero-order valence-corrected chi connectivity index (χ0v) is 13.8. The van der Waals surface area contributed by atoms with E-state index in [9.17, 15) is 14.0 Å². The Balaban J connectivity index is 1.49. The summed E-state index contributed by atoms with van der Waals surface area (Å²) >= 11 is 0. The van der Waals surface area contributed by atoms with Gasteiger partial charge in [-0.3, -0.25) is 9.59 Å². The first kappa shape index (κ1) is 17.1. The molecule has 0 radical (unpaired) electrons. The average molecular weight is 345 g/mol. The van der Waals surface area contributed by atoms with Crippen molar-refractivity contribution in [3.05, 3.63) is 57.8 Å². The number of amides is 1. The van der Waals surface area contributed by atoms with Crippen LogP contribution in [0.3, 0.4) is 0 Å². The number of carbonyl (C=O) groups is 1. The lowest BCUT2D eigenvalue weighted by atomic mass is 9.97. The van der Waals surface area contributed by atoms with Gasteiger partial charge in [0.05, 0.1) is 12.2 Å². The fraction of sp³-hybridized carbons (Fsp3) is 0.389. The lowest BCUT2D eigenvalue weighted by Crippen LogP contribution is -2.35. The number of benzene rings is 1. The highest BCUT2D eigenvalue weighted by atomic mass is 19.1. The number of aryl methyl sites for hydroxylation is 2. The van der Waals surface area contributed by atoms with Crippen molar-refractivity contribution in [1.29, 1.82) is 0 Å². The number of carbonyl (C=O) groups excluding carboxylic acids is 1. The molecular formula is C18H20FN3O3. The highest BCUT2D eigenvalue weighted by Crippen LogP contribution is 2.17. The molecule has 0 aliphatic heterocycles. The number of aromatic nitrogens is 2. The van der Waals surface area contributed by atoms with Crippen molar-refractivity contribution in [2.45, 2.75) is 32.2 Å². The molecule has 1 heterocycles. The third-order valence-electron chi connectivity index (χ3n) is 4.12. The summed E-state index contributed by atoms with van der Waals surface area (Å²) in [6, 6.07) is 7.54. The van der Waals surface area contributed by atoms with Gasteiger partial charge in [-0.15, -0.1) is 0 Å². The molecule has 1 aliphatic carbocycles. The maximum atomic E-state index is 13.4. The van der Waals surface area contributed by atoms with Gasteiger partial charge in [-0.25, -0.2) is 9.07 Å². The molecule has 0 saturated carbocycles. The predicted octanol–water partition coefficient (Wildman–Crippen LogP) is 1.46. The molecular weight excluding hydrogens is 325 g/mol. The third kappa shape index (κ3) is 4.43. The van der Waals surface area contributed by atoms with Crippen molar-refractivity contribution in [2.75, 3.05) is 13.2 Å². The molecule has 25 heavy (non-hydrogen) atoms. The van der Waals surface area contributed by atoms with Crippen LogP contribution in [0.2, 0.25) is 0 Å². The van der Waals surface area contributed by atoms with Gasteiger partial charge in [0, 0.05) is 12.6 Å². The molecule has 0 bridgehead atoms. The fourth-order valence-corrected chi connectivity index (χ4v) is 2.82. The van der Waals surface area contributed by atoms with E-state index < -0.39 is 5.82 Å². The summed E-state index contributed by atoms with van der Waals surface area (Å²) < 4.78 is 19.9. The van der Waals surface area contributed by atoms with E-state index in [0.717, 1.165) is 36.9 Å². The highest BCUT2D eigenvalue weighted by molar-refractivity contribution is 5.77. The van der Waals surface area contributed by atoms with Gasteiger partial charge >= 0.3 is 0 Å². The molecule has 3 rings (SSSR count). The van der Waals surface area contributed by atoms with Gasteiger partial charge in [0.1, 0.15) is 0 Å². The molecule has 1 N–H and O–H groups in total. The molecule has 0 atom stereocenters. The summed E-state index contributed by atoms with van der Waals surface area (Å²) in [6.45, 7) is 0.260. The molecule has 6 nitrogen and oxygen atoms in total. The van der Waals surface area contributed by atoms with E-state index in [2.05, 4.69) is 10.4 Å². The number of hydrogen-bond donors (Lipinski definition) is 1. The number of nitrogens with zero attached hydrogens (tertiary/aromatic N) is 2. The van der Waals surface area contributed by atoms with Gasteiger partial charge in [-0.1, -0.05) is 12.1 Å². The quantitative estimate of drug-likeness (QED) is 0.860. The first-order valence-electron chi connectivity index (χ1n) is 8.37. The van der Waals surface area contributed by atoms with E-state index in [1.807, 2.05) is 0 Å². The number of para-hydroxylation sites is 1. The van der Waals surface area contributed by atoms with E-state index in [0.29, 0.717) is 0 Å². The zero-order valence-electron chi connectivity index (χ0n) is 13.8. The van der Waals surface area contributed by atoms with E-state index in [4.69, 9.17) is 4.74 Å². The second-order valence-corrected chi connectivity index (χ2v) is 5.95. The van der Waals surface area contributed by atoms with Gasteiger partial charge in [0.2, 0.25) is 0 Å². The predicted molar refractivity (Wildman–Crippen MR) is 90.0 cm³/mol. The molecule has 0 saturated heterocycles. The second-order valence-electron chi connectivity index (χ2n) is 5.95. The maximum Gasteiger partial charge on any atom is 0.267 e. The van der Waals surface area contributed by atoms with E-state index in [1.54, 1.807) is 18.2 Å². The molecule has 0 unspecified atom stereocenters. The van der Waals surface area contributed by atoms with Crippen LogP contribution in [0.15, 0.2) is 35.1 Å². The summed E-state index contributed by atoms with van der Waals surface area (Å²) in [5.41, 5.74) is 1.85. The van der Waals surface area contributed by atoms with Crippen molar-refractivity contribution >= 4 is 5.91 Å². The monoisotopic (exact) mass is 345 g/mol. The van der Waals surface area contributed by atoms with Crippen LogP contribution < -0.4 is 15.6 Å². The smallest absolute Gasteiger partial charge is 0.267 e. The first-order valence-corrected chi connectivity index (χ1v) is 8.37. The van der Waals surface area contributed by atoms with Crippen LogP contribution in [-0.4, -0.2) is 28.8 Å². The third-order valence-corrected chi connectivity index (χ3v) is 4.12. The van der Waals surface area contributed by atoms with Gasteiger partial charge in [-0.05, 0) is 43.4 Å². The largest absolute Gasteiger partial charge is 0.481 e. The van der Waals surface area contributed by atoms with E-state index >= 15 is 0 Å². The topological polar surface area (TPSA) is 73.2 Å². The minimum absolute atomic E-state index is 0.0326. The molecule has 132 valence electrons. The van der Waals surface area contributed by atoms with Gasteiger partial charge < -0.3 is 10.1 Å². The lowest BCUT2D eigenvalue weighted by molar-refractivity contribution is -0.123. The number of rotatable bonds is 6. The average Bonchev–Trinajstić information content (AvgIpc) is 2.61. The Kier molecular flexibility index (Phi) is 5.42. The standard InChI is InChI=1S/C18H20FN3O3/c19-14-6-2-4-8-16(14)25-12-17(23)20-9-10-22-18(24)11-13-5-1-3-7-15(13)21-22/h2,4,6,8,11H,1,3,5,7,9-10,12H2,(H,20,23). The van der Waals surface area contributed by atoms with Crippen molar-refractivity contribution in [3.8, 4) is 5.75 Å². The van der Waals surface area contributed by atoms with E-state index in [1.165, 1.54) is 16.8 Å². The minimum atomic E-state index is -0.514. The molecule has 1 amide bonds. The number of halogens is 1. The number of nitrogens with one attached hydrogen (secondary N) is 1. The Morgan fingerprint density at radius 3 is 2.92 bits per heavy atom. The first-order chi connectivity index (χ1) is 12.1. The summed E-state index contributed by atoms with van der Waals surface area (Å²) in [5, 5.41) is 7.03. The molecule has 2 aromatic rings. The van der Waals surface area contributed by atoms with Crippen LogP contribution in [0.5, 0.6) is 5.75 Å². The Morgan fingerprint density at radius 2 is 2.08 bits per heavy atom. The molecule has 1 aromatic heterocycles. The van der Waals surface area contributed by atoms with Gasteiger partial charge in [-0.2, -0.15) is 5.10 Å². The summed E-state index contributed by atoms with van der Waals surface area (Å²) in [4.78, 5) is 23.8. The molecule has 0 spiro atoms. The van der Waals surface area contributed by atoms with Crippen LogP contribution in [-0.2, 0) is 24.2 Å². The number of hydrogen-bond acceptors (Lipinski definition) is 4. The number of ether oxygens (including phenoxy) is 1. The van der Waals surface area contributed by atoms with Gasteiger partial charge in [0.15, 0.2) is 18.2 Å². The van der Waals surface area contributed by atoms with E-state index in [-0.39, 0.29) is 36.9 Å². The molecule has 0 fully saturated rings. The Labute approximate surface area is 144 Å². The Bertz CT molecular complexity index is 819. The molecule has 1 aromatic carbocycles. The summed E-state index contributed by atoms with van der Waals surface area (Å²) in [7, 11) is 0. The minimum Gasteiger partial charge on any atom is -0.481 e. The van der Waals surface area contributed by atoms with Crippen LogP contribution in [0.4, 0.5) is 4.39 Å². The van der Waals surface area contributed by atoms with Crippen LogP contribution in [0, 0.1) is 5.82 Å². The molecule has 7 heteroatoms. The zero-order chi connectivity index (χ0) is 17.6. The summed E-state index contributed by atoms with van der Waals surface area (Å²) in [5.74, 6) is -0.861. The van der Waals surface area contributed by atoms with Crippen LogP contribution >= 0.6 is 0 Å². The van der Waals surface area contributed by atoms with Crippen molar-refractivity contribution in [1.82, 2.24) is 15.1 Å². The second kappa shape index (κ2) is 7.92. The Morgan fingerprint density at radius 1 is 1.28 bits per heavy atom.